The minimum Gasteiger partial charge on any atom is -0.494 e. The number of alkyl halides is 3. The number of hydrogen-bond acceptors (Lipinski definition) is 3. The van der Waals surface area contributed by atoms with Crippen molar-refractivity contribution in [3.63, 3.8) is 0 Å². The summed E-state index contributed by atoms with van der Waals surface area (Å²) >= 11 is 0. The minimum atomic E-state index is -4.61. The van der Waals surface area contributed by atoms with Crippen LogP contribution in [0.25, 0.3) is 0 Å². The topological polar surface area (TPSA) is 64.3 Å². The zero-order valence-electron chi connectivity index (χ0n) is 13.3. The first-order valence-corrected chi connectivity index (χ1v) is 6.70. The number of hydrogen-bond donors (Lipinski definition) is 2. The monoisotopic (exact) mass is 318 g/mol. The number of nitrogens with one attached hydrogen (secondary N) is 1. The van der Waals surface area contributed by atoms with Crippen molar-refractivity contribution in [3.05, 3.63) is 23.3 Å². The number of amides is 1. The van der Waals surface area contributed by atoms with Crippen LogP contribution in [0.5, 0.6) is 5.75 Å². The smallest absolute Gasteiger partial charge is 0.407 e. The number of methoxy groups -OCH3 is 1. The third kappa shape index (κ3) is 4.13. The molecule has 0 aliphatic carbocycles. The largest absolute Gasteiger partial charge is 0.494 e. The Kier molecular flexibility index (Phi) is 5.12. The van der Waals surface area contributed by atoms with Crippen molar-refractivity contribution in [2.75, 3.05) is 12.4 Å². The van der Waals surface area contributed by atoms with Crippen LogP contribution < -0.4 is 15.8 Å². The molecular formula is C15H21F3N2O2. The van der Waals surface area contributed by atoms with Gasteiger partial charge in [-0.2, -0.15) is 13.2 Å². The van der Waals surface area contributed by atoms with Crippen molar-refractivity contribution in [2.24, 2.45) is 5.73 Å². The Hall–Kier alpha value is -1.76. The van der Waals surface area contributed by atoms with Gasteiger partial charge in [-0.15, -0.1) is 0 Å². The van der Waals surface area contributed by atoms with Gasteiger partial charge in [-0.05, 0) is 23.1 Å². The number of rotatable bonds is 3. The van der Waals surface area contributed by atoms with E-state index < -0.39 is 23.5 Å². The van der Waals surface area contributed by atoms with Gasteiger partial charge in [0, 0.05) is 12.5 Å². The predicted octanol–water partition coefficient (Wildman–Crippen LogP) is 3.51. The number of nitrogens with two attached hydrogens (primary N) is 1. The van der Waals surface area contributed by atoms with E-state index in [0.717, 1.165) is 0 Å². The van der Waals surface area contributed by atoms with Crippen LogP contribution in [-0.2, 0) is 10.2 Å². The van der Waals surface area contributed by atoms with Gasteiger partial charge in [0.2, 0.25) is 5.91 Å². The summed E-state index contributed by atoms with van der Waals surface area (Å²) < 4.78 is 44.1. The molecule has 0 fully saturated rings. The van der Waals surface area contributed by atoms with Crippen LogP contribution in [0.2, 0.25) is 0 Å². The molecule has 1 atom stereocenters. The van der Waals surface area contributed by atoms with Crippen LogP contribution in [0.1, 0.15) is 44.9 Å². The average molecular weight is 318 g/mol. The maximum absolute atomic E-state index is 13.0. The average Bonchev–Trinajstić information content (AvgIpc) is 2.33. The number of carbonyl (C=O) groups is 1. The molecule has 1 aromatic rings. The number of ether oxygens (including phenoxy) is 1. The second-order valence-corrected chi connectivity index (χ2v) is 6.10. The van der Waals surface area contributed by atoms with Gasteiger partial charge >= 0.3 is 6.18 Å². The molecule has 0 aliphatic heterocycles. The van der Waals surface area contributed by atoms with Gasteiger partial charge in [0.25, 0.3) is 0 Å². The van der Waals surface area contributed by atoms with E-state index >= 15 is 0 Å². The SMILES string of the molecule is COc1c(NC(C)=O)cc(C(C)(C)C)cc1[C@H](N)C(F)(F)F. The summed E-state index contributed by atoms with van der Waals surface area (Å²) in [6.07, 6.45) is -4.61. The zero-order valence-corrected chi connectivity index (χ0v) is 13.3. The predicted molar refractivity (Wildman–Crippen MR) is 79.0 cm³/mol. The lowest BCUT2D eigenvalue weighted by Gasteiger charge is -2.26. The highest BCUT2D eigenvalue weighted by Gasteiger charge is 2.40. The van der Waals surface area contributed by atoms with E-state index in [1.54, 1.807) is 6.07 Å². The minimum absolute atomic E-state index is 0.0759. The standard InChI is InChI=1S/C15H21F3N2O2/c1-8(21)20-11-7-9(14(2,3)4)6-10(12(11)22-5)13(19)15(16,17)18/h6-7,13H,19H2,1-5H3,(H,20,21)/t13-/m0/s1. The van der Waals surface area contributed by atoms with Crippen LogP contribution in [0, 0.1) is 0 Å². The van der Waals surface area contributed by atoms with E-state index in [2.05, 4.69) is 5.32 Å². The molecule has 0 saturated heterocycles. The van der Waals surface area contributed by atoms with E-state index in [1.165, 1.54) is 20.1 Å². The number of benzene rings is 1. The highest BCUT2D eigenvalue weighted by Crippen LogP contribution is 2.42. The summed E-state index contributed by atoms with van der Waals surface area (Å²) in [4.78, 5) is 11.3. The molecule has 124 valence electrons. The fourth-order valence-electron chi connectivity index (χ4n) is 2.00. The molecule has 1 aromatic carbocycles. The third-order valence-corrected chi connectivity index (χ3v) is 3.19. The van der Waals surface area contributed by atoms with Crippen LogP contribution in [0.3, 0.4) is 0 Å². The molecule has 1 amide bonds. The molecule has 22 heavy (non-hydrogen) atoms. The molecule has 0 bridgehead atoms. The van der Waals surface area contributed by atoms with E-state index in [1.807, 2.05) is 20.8 Å². The Morgan fingerprint density at radius 3 is 2.18 bits per heavy atom. The first-order valence-electron chi connectivity index (χ1n) is 6.70. The fourth-order valence-corrected chi connectivity index (χ4v) is 2.00. The van der Waals surface area contributed by atoms with Crippen molar-refractivity contribution >= 4 is 11.6 Å². The summed E-state index contributed by atoms with van der Waals surface area (Å²) in [7, 11) is 1.24. The number of carbonyl (C=O) groups excluding carboxylic acids is 1. The molecular weight excluding hydrogens is 297 g/mol. The molecule has 0 unspecified atom stereocenters. The molecule has 0 saturated carbocycles. The van der Waals surface area contributed by atoms with Gasteiger partial charge in [-0.1, -0.05) is 20.8 Å². The maximum atomic E-state index is 13.0. The quantitative estimate of drug-likeness (QED) is 0.896. The van der Waals surface area contributed by atoms with Crippen LogP contribution in [-0.4, -0.2) is 19.2 Å². The first-order chi connectivity index (χ1) is 9.87. The molecule has 7 heteroatoms. The lowest BCUT2D eigenvalue weighted by atomic mass is 9.84. The second-order valence-electron chi connectivity index (χ2n) is 6.10. The van der Waals surface area contributed by atoms with E-state index in [9.17, 15) is 18.0 Å². The summed E-state index contributed by atoms with van der Waals surface area (Å²) in [6.45, 7) is 6.84. The Balaban J connectivity index is 3.61. The summed E-state index contributed by atoms with van der Waals surface area (Å²) in [6, 6.07) is 0.784. The van der Waals surface area contributed by atoms with Crippen LogP contribution in [0.15, 0.2) is 12.1 Å². The van der Waals surface area contributed by atoms with Crippen LogP contribution >= 0.6 is 0 Å². The highest BCUT2D eigenvalue weighted by atomic mass is 19.4. The van der Waals surface area contributed by atoms with Gasteiger partial charge in [-0.3, -0.25) is 4.79 Å². The van der Waals surface area contributed by atoms with Crippen LogP contribution in [0.4, 0.5) is 18.9 Å². The van der Waals surface area contributed by atoms with Crippen molar-refractivity contribution < 1.29 is 22.7 Å². The first kappa shape index (κ1) is 18.3. The van der Waals surface area contributed by atoms with Crippen molar-refractivity contribution in [1.82, 2.24) is 0 Å². The van der Waals surface area contributed by atoms with Gasteiger partial charge in [-0.25, -0.2) is 0 Å². The Labute approximate surface area is 127 Å². The van der Waals surface area contributed by atoms with E-state index in [-0.39, 0.29) is 17.0 Å². The lowest BCUT2D eigenvalue weighted by Crippen LogP contribution is -2.29. The molecule has 0 radical (unpaired) electrons. The molecule has 0 spiro atoms. The summed E-state index contributed by atoms with van der Waals surface area (Å²) in [5.41, 5.74) is 5.52. The van der Waals surface area contributed by atoms with Crippen molar-refractivity contribution in [3.8, 4) is 5.75 Å². The Morgan fingerprint density at radius 2 is 1.82 bits per heavy atom. The molecule has 3 N–H and O–H groups in total. The Bertz CT molecular complexity index is 563. The number of anilines is 1. The molecule has 1 rings (SSSR count). The lowest BCUT2D eigenvalue weighted by molar-refractivity contribution is -0.149. The summed E-state index contributed by atoms with van der Waals surface area (Å²) in [5, 5.41) is 2.50. The van der Waals surface area contributed by atoms with Crippen molar-refractivity contribution in [2.45, 2.75) is 45.3 Å². The zero-order chi connectivity index (χ0) is 17.3. The maximum Gasteiger partial charge on any atom is 0.407 e. The molecule has 4 nitrogen and oxygen atoms in total. The van der Waals surface area contributed by atoms with E-state index in [0.29, 0.717) is 5.56 Å². The highest BCUT2D eigenvalue weighted by molar-refractivity contribution is 5.91. The Morgan fingerprint density at radius 1 is 1.27 bits per heavy atom. The number of halogens is 3. The van der Waals surface area contributed by atoms with Gasteiger partial charge in [0.1, 0.15) is 11.8 Å². The van der Waals surface area contributed by atoms with Crippen molar-refractivity contribution in [1.29, 1.82) is 0 Å². The molecule has 0 aliphatic rings. The molecule has 0 aromatic heterocycles. The van der Waals surface area contributed by atoms with E-state index in [4.69, 9.17) is 10.5 Å². The molecule has 0 heterocycles. The van der Waals surface area contributed by atoms with Gasteiger partial charge in [0.05, 0.1) is 12.8 Å². The fraction of sp³-hybridized carbons (Fsp3) is 0.533. The third-order valence-electron chi connectivity index (χ3n) is 3.19. The van der Waals surface area contributed by atoms with Gasteiger partial charge < -0.3 is 15.8 Å². The summed E-state index contributed by atoms with van der Waals surface area (Å²) in [5.74, 6) is -0.482. The van der Waals surface area contributed by atoms with Gasteiger partial charge in [0.15, 0.2) is 0 Å². The second kappa shape index (κ2) is 6.16. The normalized spacial score (nSPS) is 13.7.